The summed E-state index contributed by atoms with van der Waals surface area (Å²) in [5, 5.41) is 20.6. The fraction of sp³-hybridized carbons (Fsp3) is 0.429. The Bertz CT molecular complexity index is 514. The van der Waals surface area contributed by atoms with E-state index in [1.54, 1.807) is 0 Å². The normalized spacial score (nSPS) is 12.0. The first kappa shape index (κ1) is 16.8. The van der Waals surface area contributed by atoms with Crippen LogP contribution in [0, 0.1) is 0 Å². The van der Waals surface area contributed by atoms with Gasteiger partial charge in [0.1, 0.15) is 11.3 Å². The number of rotatable bonds is 6. The number of amides is 1. The molecule has 0 fully saturated rings. The fourth-order valence-corrected chi connectivity index (χ4v) is 1.56. The predicted molar refractivity (Wildman–Crippen MR) is 75.5 cm³/mol. The third kappa shape index (κ3) is 5.31. The molecule has 0 bridgehead atoms. The van der Waals surface area contributed by atoms with Gasteiger partial charge in [0.15, 0.2) is 0 Å². The van der Waals surface area contributed by atoms with Crippen molar-refractivity contribution in [3.05, 3.63) is 23.8 Å². The minimum Gasteiger partial charge on any atom is -0.507 e. The lowest BCUT2D eigenvalue weighted by molar-refractivity contribution is -0.125. The number of carbonyl (C=O) groups is 2. The lowest BCUT2D eigenvalue weighted by atomic mass is 10.2. The van der Waals surface area contributed by atoms with Crippen LogP contribution in [0.15, 0.2) is 18.2 Å². The van der Waals surface area contributed by atoms with Crippen molar-refractivity contribution >= 4 is 17.7 Å². The second-order valence-electron chi connectivity index (χ2n) is 4.59. The first-order valence-electron chi connectivity index (χ1n) is 6.52. The van der Waals surface area contributed by atoms with Gasteiger partial charge in [0.25, 0.3) is 0 Å². The molecule has 3 N–H and O–H groups in total. The van der Waals surface area contributed by atoms with Crippen molar-refractivity contribution in [3.63, 3.8) is 0 Å². The maximum atomic E-state index is 11.7. The third-order valence-corrected chi connectivity index (χ3v) is 2.47. The molecule has 7 heteroatoms. The summed E-state index contributed by atoms with van der Waals surface area (Å²) in [4.78, 5) is 22.6. The van der Waals surface area contributed by atoms with Crippen molar-refractivity contribution in [1.29, 1.82) is 0 Å². The monoisotopic (exact) mass is 297 g/mol. The van der Waals surface area contributed by atoms with E-state index in [1.165, 1.54) is 12.1 Å². The summed E-state index contributed by atoms with van der Waals surface area (Å²) in [5.41, 5.74) is -0.104. The van der Waals surface area contributed by atoms with Crippen molar-refractivity contribution in [2.45, 2.75) is 39.6 Å². The van der Waals surface area contributed by atoms with Gasteiger partial charge in [0, 0.05) is 12.1 Å². The molecule has 0 saturated heterocycles. The summed E-state index contributed by atoms with van der Waals surface area (Å²) >= 11 is 0. The van der Waals surface area contributed by atoms with Gasteiger partial charge in [-0.3, -0.25) is 5.32 Å². The number of hydrogen-bond donors (Lipinski definition) is 3. The second-order valence-corrected chi connectivity index (χ2v) is 4.59. The van der Waals surface area contributed by atoms with E-state index in [0.29, 0.717) is 6.42 Å². The fourth-order valence-electron chi connectivity index (χ4n) is 1.56. The van der Waals surface area contributed by atoms with Gasteiger partial charge in [0.2, 0.25) is 6.29 Å². The molecule has 1 unspecified atom stereocenters. The first-order chi connectivity index (χ1) is 9.83. The summed E-state index contributed by atoms with van der Waals surface area (Å²) in [6.45, 7) is 5.45. The molecule has 7 nitrogen and oxygen atoms in total. The molecule has 1 aromatic carbocycles. The number of ether oxygens (including phenoxy) is 2. The molecular formula is C14H19NO6. The Morgan fingerprint density at radius 3 is 2.52 bits per heavy atom. The molecule has 0 aromatic heterocycles. The van der Waals surface area contributed by atoms with Crippen LogP contribution in [0.25, 0.3) is 0 Å². The maximum absolute atomic E-state index is 11.7. The van der Waals surface area contributed by atoms with Crippen LogP contribution < -0.4 is 5.32 Å². The number of phenols is 1. The van der Waals surface area contributed by atoms with Crippen molar-refractivity contribution in [3.8, 4) is 5.75 Å². The van der Waals surface area contributed by atoms with E-state index < -0.39 is 18.4 Å². The van der Waals surface area contributed by atoms with Crippen LogP contribution in [0.3, 0.4) is 0 Å². The zero-order valence-electron chi connectivity index (χ0n) is 12.1. The Labute approximate surface area is 122 Å². The Morgan fingerprint density at radius 2 is 2.00 bits per heavy atom. The maximum Gasteiger partial charge on any atom is 0.413 e. The van der Waals surface area contributed by atoms with Gasteiger partial charge in [0.05, 0.1) is 6.10 Å². The van der Waals surface area contributed by atoms with E-state index in [4.69, 9.17) is 14.6 Å². The van der Waals surface area contributed by atoms with E-state index in [2.05, 4.69) is 5.32 Å². The van der Waals surface area contributed by atoms with Crippen LogP contribution in [-0.2, 0) is 9.47 Å². The Balaban J connectivity index is 2.70. The highest BCUT2D eigenvalue weighted by Crippen LogP contribution is 2.21. The molecule has 116 valence electrons. The first-order valence-corrected chi connectivity index (χ1v) is 6.52. The van der Waals surface area contributed by atoms with Crippen LogP contribution in [-0.4, -0.2) is 34.7 Å². The molecule has 0 heterocycles. The topological polar surface area (TPSA) is 105 Å². The van der Waals surface area contributed by atoms with Crippen molar-refractivity contribution < 1.29 is 29.3 Å². The number of carbonyl (C=O) groups excluding carboxylic acids is 1. The van der Waals surface area contributed by atoms with Crippen LogP contribution in [0.2, 0.25) is 0 Å². The molecule has 21 heavy (non-hydrogen) atoms. The molecule has 0 aliphatic carbocycles. The quantitative estimate of drug-likeness (QED) is 0.551. The van der Waals surface area contributed by atoms with E-state index in [9.17, 15) is 14.7 Å². The van der Waals surface area contributed by atoms with Gasteiger partial charge < -0.3 is 19.7 Å². The highest BCUT2D eigenvalue weighted by molar-refractivity contribution is 5.93. The smallest absolute Gasteiger partial charge is 0.413 e. The SMILES string of the molecule is CCC(OC(=O)Nc1ccc(O)c(C(=O)O)c1)OC(C)C. The molecule has 0 saturated carbocycles. The second kappa shape index (κ2) is 7.49. The number of carboxylic acid groups (broad SMARTS) is 1. The number of benzene rings is 1. The van der Waals surface area contributed by atoms with Gasteiger partial charge in [-0.1, -0.05) is 6.92 Å². The lowest BCUT2D eigenvalue weighted by Gasteiger charge is -2.19. The van der Waals surface area contributed by atoms with Crippen LogP contribution >= 0.6 is 0 Å². The number of nitrogens with one attached hydrogen (secondary N) is 1. The van der Waals surface area contributed by atoms with Crippen LogP contribution in [0.4, 0.5) is 10.5 Å². The van der Waals surface area contributed by atoms with Crippen molar-refractivity contribution in [2.24, 2.45) is 0 Å². The number of anilines is 1. The standard InChI is InChI=1S/C14H19NO6/c1-4-12(20-8(2)3)21-14(19)15-9-5-6-11(16)10(7-9)13(17)18/h5-8,12,16H,4H2,1-3H3,(H,15,19)(H,17,18). The average Bonchev–Trinajstić information content (AvgIpc) is 2.39. The average molecular weight is 297 g/mol. The van der Waals surface area contributed by atoms with E-state index in [1.807, 2.05) is 20.8 Å². The minimum atomic E-state index is -1.29. The van der Waals surface area contributed by atoms with Gasteiger partial charge in [-0.05, 0) is 32.0 Å². The van der Waals surface area contributed by atoms with Gasteiger partial charge in [-0.15, -0.1) is 0 Å². The highest BCUT2D eigenvalue weighted by Gasteiger charge is 2.16. The largest absolute Gasteiger partial charge is 0.507 e. The summed E-state index contributed by atoms with van der Waals surface area (Å²) < 4.78 is 10.4. The molecule has 1 aromatic rings. The molecule has 0 radical (unpaired) electrons. The number of aromatic carboxylic acids is 1. The molecule has 0 aliphatic heterocycles. The van der Waals surface area contributed by atoms with Crippen LogP contribution in [0.1, 0.15) is 37.6 Å². The molecule has 1 rings (SSSR count). The molecule has 0 spiro atoms. The Kier molecular flexibility index (Phi) is 5.98. The Morgan fingerprint density at radius 1 is 1.33 bits per heavy atom. The number of aromatic hydroxyl groups is 1. The third-order valence-electron chi connectivity index (χ3n) is 2.47. The minimum absolute atomic E-state index is 0.0879. The lowest BCUT2D eigenvalue weighted by Crippen LogP contribution is -2.26. The van der Waals surface area contributed by atoms with Gasteiger partial charge in [-0.2, -0.15) is 0 Å². The molecule has 0 aliphatic rings. The summed E-state index contributed by atoms with van der Waals surface area (Å²) in [5.74, 6) is -1.67. The highest BCUT2D eigenvalue weighted by atomic mass is 16.7. The number of carboxylic acids is 1. The number of hydrogen-bond acceptors (Lipinski definition) is 5. The molecule has 1 amide bonds. The van der Waals surface area contributed by atoms with Gasteiger partial charge >= 0.3 is 12.1 Å². The summed E-state index contributed by atoms with van der Waals surface area (Å²) in [6, 6.07) is 3.69. The summed E-state index contributed by atoms with van der Waals surface area (Å²) in [6.07, 6.45) is -1.04. The van der Waals surface area contributed by atoms with Crippen molar-refractivity contribution in [1.82, 2.24) is 0 Å². The summed E-state index contributed by atoms with van der Waals surface area (Å²) in [7, 11) is 0. The Hall–Kier alpha value is -2.28. The van der Waals surface area contributed by atoms with Crippen molar-refractivity contribution in [2.75, 3.05) is 5.32 Å². The van der Waals surface area contributed by atoms with Crippen LogP contribution in [0.5, 0.6) is 5.75 Å². The van der Waals surface area contributed by atoms with Gasteiger partial charge in [-0.25, -0.2) is 9.59 Å². The molecular weight excluding hydrogens is 278 g/mol. The van der Waals surface area contributed by atoms with E-state index in [0.717, 1.165) is 6.07 Å². The van der Waals surface area contributed by atoms with E-state index in [-0.39, 0.29) is 23.1 Å². The molecule has 1 atom stereocenters. The zero-order valence-corrected chi connectivity index (χ0v) is 12.1. The zero-order chi connectivity index (χ0) is 16.0. The predicted octanol–water partition coefficient (Wildman–Crippen LogP) is 2.80. The van der Waals surface area contributed by atoms with E-state index >= 15 is 0 Å².